The number of halogens is 1. The Hall–Kier alpha value is -2.46. The molecule has 2 heterocycles. The molecule has 0 fully saturated rings. The average Bonchev–Trinajstić information content (AvgIpc) is 2.88. The first kappa shape index (κ1) is 12.6. The topological polar surface area (TPSA) is 60.9 Å². The number of aromatic nitrogens is 2. The number of nitrogens with one attached hydrogen (secondary N) is 2. The van der Waals surface area contributed by atoms with E-state index in [1.807, 2.05) is 30.3 Å². The van der Waals surface area contributed by atoms with Gasteiger partial charge in [0, 0.05) is 28.5 Å². The van der Waals surface area contributed by atoms with Gasteiger partial charge in [-0.3, -0.25) is 0 Å². The summed E-state index contributed by atoms with van der Waals surface area (Å²) in [5.41, 5.74) is 2.22. The molecule has 0 bridgehead atoms. The Bertz CT molecular complexity index is 795. The molecule has 0 spiro atoms. The predicted octanol–water partition coefficient (Wildman–Crippen LogP) is 4.49. The molecular formula is C15H12ClN3O. The number of aliphatic hydroxyl groups excluding tert-OH is 1. The molecule has 0 amide bonds. The van der Waals surface area contributed by atoms with Gasteiger partial charge in [-0.15, -0.1) is 0 Å². The molecule has 1 aromatic carbocycles. The lowest BCUT2D eigenvalue weighted by atomic mass is 10.2. The van der Waals surface area contributed by atoms with Crippen molar-refractivity contribution < 1.29 is 5.11 Å². The summed E-state index contributed by atoms with van der Waals surface area (Å²) in [4.78, 5) is 7.41. The molecule has 3 N–H and O–H groups in total. The lowest BCUT2D eigenvalue weighted by Crippen LogP contribution is -1.96. The van der Waals surface area contributed by atoms with Crippen LogP contribution in [-0.4, -0.2) is 15.1 Å². The second kappa shape index (κ2) is 4.90. The van der Waals surface area contributed by atoms with E-state index in [9.17, 15) is 5.11 Å². The number of aromatic amines is 1. The predicted molar refractivity (Wildman–Crippen MR) is 82.5 cm³/mol. The highest BCUT2D eigenvalue weighted by molar-refractivity contribution is 6.30. The van der Waals surface area contributed by atoms with E-state index in [0.717, 1.165) is 16.6 Å². The van der Waals surface area contributed by atoms with Gasteiger partial charge in [-0.05, 0) is 24.3 Å². The number of nitrogens with zero attached hydrogens (tertiary/aromatic N) is 1. The van der Waals surface area contributed by atoms with E-state index in [-0.39, 0.29) is 5.76 Å². The molecule has 0 aliphatic heterocycles. The van der Waals surface area contributed by atoms with Gasteiger partial charge in [-0.2, -0.15) is 0 Å². The van der Waals surface area contributed by atoms with Gasteiger partial charge in [0.1, 0.15) is 11.6 Å². The minimum absolute atomic E-state index is 0.0146. The summed E-state index contributed by atoms with van der Waals surface area (Å²) in [6, 6.07) is 9.29. The molecule has 20 heavy (non-hydrogen) atoms. The zero-order valence-corrected chi connectivity index (χ0v) is 11.3. The zero-order chi connectivity index (χ0) is 14.1. The van der Waals surface area contributed by atoms with Gasteiger partial charge in [0.2, 0.25) is 0 Å². The maximum Gasteiger partial charge on any atom is 0.139 e. The largest absolute Gasteiger partial charge is 0.508 e. The Labute approximate surface area is 120 Å². The number of hydrogen-bond acceptors (Lipinski definition) is 3. The standard InChI is InChI=1S/C15H12ClN3O/c1-9(20)13-8-18-15(12-5-6-17-14(12)13)19-11-4-2-3-10(16)7-11/h2-8,17,20H,1H2,(H,18,19). The Balaban J connectivity index is 2.07. The molecule has 2 aromatic heterocycles. The Morgan fingerprint density at radius 3 is 2.95 bits per heavy atom. The Morgan fingerprint density at radius 1 is 1.35 bits per heavy atom. The summed E-state index contributed by atoms with van der Waals surface area (Å²) in [6.07, 6.45) is 3.37. The van der Waals surface area contributed by atoms with Crippen LogP contribution in [-0.2, 0) is 0 Å². The number of fused-ring (bicyclic) bond motifs is 1. The lowest BCUT2D eigenvalue weighted by molar-refractivity contribution is 0.514. The van der Waals surface area contributed by atoms with Crippen molar-refractivity contribution in [3.8, 4) is 0 Å². The van der Waals surface area contributed by atoms with Crippen molar-refractivity contribution >= 4 is 39.8 Å². The summed E-state index contributed by atoms with van der Waals surface area (Å²) in [5.74, 6) is 0.674. The van der Waals surface area contributed by atoms with E-state index in [4.69, 9.17) is 11.6 Å². The van der Waals surface area contributed by atoms with Crippen LogP contribution >= 0.6 is 11.6 Å². The first-order valence-corrected chi connectivity index (χ1v) is 6.40. The highest BCUT2D eigenvalue weighted by Gasteiger charge is 2.10. The lowest BCUT2D eigenvalue weighted by Gasteiger charge is -2.09. The van der Waals surface area contributed by atoms with Crippen molar-refractivity contribution in [2.45, 2.75) is 0 Å². The van der Waals surface area contributed by atoms with Gasteiger partial charge in [0.15, 0.2) is 0 Å². The van der Waals surface area contributed by atoms with Crippen molar-refractivity contribution in [3.05, 3.63) is 59.9 Å². The van der Waals surface area contributed by atoms with Crippen molar-refractivity contribution in [2.24, 2.45) is 0 Å². The van der Waals surface area contributed by atoms with Crippen LogP contribution < -0.4 is 5.32 Å². The van der Waals surface area contributed by atoms with Crippen molar-refractivity contribution in [1.82, 2.24) is 9.97 Å². The number of pyridine rings is 1. The highest BCUT2D eigenvalue weighted by Crippen LogP contribution is 2.28. The maximum absolute atomic E-state index is 9.56. The normalized spacial score (nSPS) is 10.7. The second-order valence-electron chi connectivity index (χ2n) is 4.37. The van der Waals surface area contributed by atoms with Gasteiger partial charge in [-0.1, -0.05) is 24.2 Å². The average molecular weight is 286 g/mol. The first-order chi connectivity index (χ1) is 9.65. The molecule has 0 saturated heterocycles. The summed E-state index contributed by atoms with van der Waals surface area (Å²) in [7, 11) is 0. The number of rotatable bonds is 3. The van der Waals surface area contributed by atoms with E-state index in [2.05, 4.69) is 21.9 Å². The van der Waals surface area contributed by atoms with Gasteiger partial charge in [0.25, 0.3) is 0 Å². The van der Waals surface area contributed by atoms with Crippen LogP contribution in [0.25, 0.3) is 16.7 Å². The number of benzene rings is 1. The molecule has 3 aromatic rings. The van der Waals surface area contributed by atoms with Gasteiger partial charge in [0.05, 0.1) is 11.1 Å². The van der Waals surface area contributed by atoms with Crippen LogP contribution in [0.15, 0.2) is 49.3 Å². The number of aliphatic hydroxyl groups is 1. The first-order valence-electron chi connectivity index (χ1n) is 6.02. The van der Waals surface area contributed by atoms with Crippen LogP contribution in [0.3, 0.4) is 0 Å². The SMILES string of the molecule is C=C(O)c1cnc(Nc2cccc(Cl)c2)c2cc[nH]c12. The minimum Gasteiger partial charge on any atom is -0.508 e. The van der Waals surface area contributed by atoms with E-state index >= 15 is 0 Å². The molecular weight excluding hydrogens is 274 g/mol. The quantitative estimate of drug-likeness (QED) is 0.621. The van der Waals surface area contributed by atoms with Crippen LogP contribution in [0.5, 0.6) is 0 Å². The fourth-order valence-corrected chi connectivity index (χ4v) is 2.26. The highest BCUT2D eigenvalue weighted by atomic mass is 35.5. The summed E-state index contributed by atoms with van der Waals surface area (Å²) in [6.45, 7) is 3.54. The monoisotopic (exact) mass is 285 g/mol. The maximum atomic E-state index is 9.56. The molecule has 0 saturated carbocycles. The van der Waals surface area contributed by atoms with Crippen molar-refractivity contribution in [3.63, 3.8) is 0 Å². The Kier molecular flexibility index (Phi) is 3.08. The summed E-state index contributed by atoms with van der Waals surface area (Å²) < 4.78 is 0. The van der Waals surface area contributed by atoms with Crippen LogP contribution in [0, 0.1) is 0 Å². The van der Waals surface area contributed by atoms with Crippen molar-refractivity contribution in [1.29, 1.82) is 0 Å². The fourth-order valence-electron chi connectivity index (χ4n) is 2.07. The van der Waals surface area contributed by atoms with Gasteiger partial charge >= 0.3 is 0 Å². The molecule has 0 unspecified atom stereocenters. The van der Waals surface area contributed by atoms with Crippen LogP contribution in [0.4, 0.5) is 11.5 Å². The van der Waals surface area contributed by atoms with Gasteiger partial charge < -0.3 is 15.4 Å². The second-order valence-corrected chi connectivity index (χ2v) is 4.81. The number of hydrogen-bond donors (Lipinski definition) is 3. The molecule has 5 heteroatoms. The fraction of sp³-hybridized carbons (Fsp3) is 0. The molecule has 0 aliphatic rings. The molecule has 4 nitrogen and oxygen atoms in total. The molecule has 100 valence electrons. The number of anilines is 2. The molecule has 0 radical (unpaired) electrons. The molecule has 0 aliphatic carbocycles. The Morgan fingerprint density at radius 2 is 2.20 bits per heavy atom. The third-order valence-electron chi connectivity index (χ3n) is 2.99. The summed E-state index contributed by atoms with van der Waals surface area (Å²) >= 11 is 5.96. The van der Waals surface area contributed by atoms with Crippen molar-refractivity contribution in [2.75, 3.05) is 5.32 Å². The van der Waals surface area contributed by atoms with E-state index in [1.54, 1.807) is 12.4 Å². The zero-order valence-electron chi connectivity index (χ0n) is 10.5. The third-order valence-corrected chi connectivity index (χ3v) is 3.23. The summed E-state index contributed by atoms with van der Waals surface area (Å²) in [5, 5.41) is 14.3. The van der Waals surface area contributed by atoms with Crippen LogP contribution in [0.1, 0.15) is 5.56 Å². The third kappa shape index (κ3) is 2.21. The van der Waals surface area contributed by atoms with E-state index in [0.29, 0.717) is 16.4 Å². The molecule has 0 atom stereocenters. The smallest absolute Gasteiger partial charge is 0.139 e. The minimum atomic E-state index is -0.0146. The van der Waals surface area contributed by atoms with E-state index in [1.165, 1.54) is 0 Å². The van der Waals surface area contributed by atoms with Gasteiger partial charge in [-0.25, -0.2) is 4.98 Å². The number of H-pyrrole nitrogens is 1. The van der Waals surface area contributed by atoms with E-state index < -0.39 is 0 Å². The molecule has 3 rings (SSSR count). The van der Waals surface area contributed by atoms with Crippen LogP contribution in [0.2, 0.25) is 5.02 Å².